The SMILES string of the molecule is O=C(CN1CC[C@H]1c1ccccc1F)NC(=O)Nc1ccc2c(c1)OCCO2. The Labute approximate surface area is 161 Å². The first-order valence-electron chi connectivity index (χ1n) is 9.09. The van der Waals surface area contributed by atoms with Gasteiger partial charge in [0.15, 0.2) is 11.5 Å². The van der Waals surface area contributed by atoms with Gasteiger partial charge < -0.3 is 14.8 Å². The molecule has 28 heavy (non-hydrogen) atoms. The van der Waals surface area contributed by atoms with Crippen LogP contribution >= 0.6 is 0 Å². The van der Waals surface area contributed by atoms with Crippen molar-refractivity contribution in [1.82, 2.24) is 10.2 Å². The molecule has 1 saturated heterocycles. The highest BCUT2D eigenvalue weighted by molar-refractivity contribution is 6.01. The quantitative estimate of drug-likeness (QED) is 0.846. The van der Waals surface area contributed by atoms with E-state index in [0.717, 1.165) is 6.42 Å². The molecule has 0 radical (unpaired) electrons. The van der Waals surface area contributed by atoms with Gasteiger partial charge in [-0.1, -0.05) is 18.2 Å². The van der Waals surface area contributed by atoms with Gasteiger partial charge in [-0.15, -0.1) is 0 Å². The molecule has 2 aliphatic heterocycles. The first-order chi connectivity index (χ1) is 13.6. The molecular formula is C20H20FN3O4. The minimum Gasteiger partial charge on any atom is -0.486 e. The number of halogens is 1. The molecule has 2 N–H and O–H groups in total. The third-order valence-corrected chi connectivity index (χ3v) is 4.79. The third kappa shape index (κ3) is 3.91. The minimum absolute atomic E-state index is 0.0214. The number of imide groups is 1. The van der Waals surface area contributed by atoms with Gasteiger partial charge in [0, 0.05) is 29.9 Å². The topological polar surface area (TPSA) is 79.9 Å². The Kier molecular flexibility index (Phi) is 5.12. The molecular weight excluding hydrogens is 365 g/mol. The Morgan fingerprint density at radius 1 is 1.11 bits per heavy atom. The summed E-state index contributed by atoms with van der Waals surface area (Å²) >= 11 is 0. The van der Waals surface area contributed by atoms with Crippen LogP contribution in [-0.2, 0) is 4.79 Å². The number of ether oxygens (including phenoxy) is 2. The molecule has 2 aromatic rings. The molecule has 1 fully saturated rings. The second kappa shape index (κ2) is 7.85. The fourth-order valence-corrected chi connectivity index (χ4v) is 3.36. The smallest absolute Gasteiger partial charge is 0.325 e. The number of nitrogens with one attached hydrogen (secondary N) is 2. The van der Waals surface area contributed by atoms with Gasteiger partial charge in [0.1, 0.15) is 19.0 Å². The van der Waals surface area contributed by atoms with Crippen LogP contribution in [0.5, 0.6) is 11.5 Å². The highest BCUT2D eigenvalue weighted by Crippen LogP contribution is 2.34. The largest absolute Gasteiger partial charge is 0.486 e. The van der Waals surface area contributed by atoms with E-state index in [0.29, 0.717) is 42.5 Å². The summed E-state index contributed by atoms with van der Waals surface area (Å²) in [5.74, 6) is 0.430. The van der Waals surface area contributed by atoms with E-state index in [2.05, 4.69) is 10.6 Å². The molecule has 8 heteroatoms. The molecule has 0 aliphatic carbocycles. The number of rotatable bonds is 4. The Morgan fingerprint density at radius 3 is 2.64 bits per heavy atom. The zero-order chi connectivity index (χ0) is 19.5. The summed E-state index contributed by atoms with van der Waals surface area (Å²) in [6.45, 7) is 1.63. The number of nitrogens with zero attached hydrogens (tertiary/aromatic N) is 1. The average Bonchev–Trinajstić information content (AvgIpc) is 2.67. The molecule has 146 valence electrons. The number of hydrogen-bond acceptors (Lipinski definition) is 5. The summed E-state index contributed by atoms with van der Waals surface area (Å²) in [7, 11) is 0. The van der Waals surface area contributed by atoms with Crippen molar-refractivity contribution < 1.29 is 23.5 Å². The maximum atomic E-state index is 13.9. The van der Waals surface area contributed by atoms with Crippen molar-refractivity contribution in [2.45, 2.75) is 12.5 Å². The molecule has 2 aromatic carbocycles. The summed E-state index contributed by atoms with van der Waals surface area (Å²) in [6, 6.07) is 10.8. The summed E-state index contributed by atoms with van der Waals surface area (Å²) in [6.07, 6.45) is 0.775. The van der Waals surface area contributed by atoms with Gasteiger partial charge in [0.2, 0.25) is 5.91 Å². The van der Waals surface area contributed by atoms with Crippen LogP contribution in [0.15, 0.2) is 42.5 Å². The second-order valence-corrected chi connectivity index (χ2v) is 6.66. The summed E-state index contributed by atoms with van der Waals surface area (Å²) < 4.78 is 24.8. The van der Waals surface area contributed by atoms with E-state index in [4.69, 9.17) is 9.47 Å². The average molecular weight is 385 g/mol. The van der Waals surface area contributed by atoms with Crippen molar-refractivity contribution >= 4 is 17.6 Å². The van der Waals surface area contributed by atoms with Crippen molar-refractivity contribution in [3.8, 4) is 11.5 Å². The molecule has 0 spiro atoms. The normalized spacial score (nSPS) is 18.1. The van der Waals surface area contributed by atoms with Gasteiger partial charge in [-0.05, 0) is 24.6 Å². The van der Waals surface area contributed by atoms with Gasteiger partial charge in [0.25, 0.3) is 0 Å². The molecule has 2 heterocycles. The lowest BCUT2D eigenvalue weighted by Gasteiger charge is -2.40. The highest BCUT2D eigenvalue weighted by atomic mass is 19.1. The predicted octanol–water partition coefficient (Wildman–Crippen LogP) is 2.69. The van der Waals surface area contributed by atoms with E-state index in [9.17, 15) is 14.0 Å². The summed E-state index contributed by atoms with van der Waals surface area (Å²) in [4.78, 5) is 26.1. The summed E-state index contributed by atoms with van der Waals surface area (Å²) in [5.41, 5.74) is 1.06. The zero-order valence-corrected chi connectivity index (χ0v) is 15.1. The van der Waals surface area contributed by atoms with E-state index in [1.807, 2.05) is 4.90 Å². The molecule has 0 bridgehead atoms. The lowest BCUT2D eigenvalue weighted by atomic mass is 9.94. The zero-order valence-electron chi connectivity index (χ0n) is 15.1. The maximum absolute atomic E-state index is 13.9. The molecule has 7 nitrogen and oxygen atoms in total. The van der Waals surface area contributed by atoms with Crippen molar-refractivity contribution in [3.05, 3.63) is 53.8 Å². The van der Waals surface area contributed by atoms with Crippen molar-refractivity contribution in [2.75, 3.05) is 31.6 Å². The number of benzene rings is 2. The number of amides is 3. The van der Waals surface area contributed by atoms with Crippen LogP contribution in [0, 0.1) is 5.82 Å². The van der Waals surface area contributed by atoms with E-state index < -0.39 is 11.9 Å². The Hall–Kier alpha value is -3.13. The van der Waals surface area contributed by atoms with Gasteiger partial charge >= 0.3 is 6.03 Å². The molecule has 1 atom stereocenters. The molecule has 0 aromatic heterocycles. The van der Waals surface area contributed by atoms with E-state index >= 15 is 0 Å². The lowest BCUT2D eigenvalue weighted by Crippen LogP contribution is -2.48. The molecule has 0 saturated carbocycles. The molecule has 0 unspecified atom stereocenters. The number of carbonyl (C=O) groups excluding carboxylic acids is 2. The van der Waals surface area contributed by atoms with Crippen LogP contribution in [0.1, 0.15) is 18.0 Å². The van der Waals surface area contributed by atoms with Gasteiger partial charge in [-0.3, -0.25) is 15.0 Å². The van der Waals surface area contributed by atoms with Crippen molar-refractivity contribution in [2.24, 2.45) is 0 Å². The van der Waals surface area contributed by atoms with Crippen LogP contribution in [0.3, 0.4) is 0 Å². The van der Waals surface area contributed by atoms with E-state index in [-0.39, 0.29) is 18.4 Å². The van der Waals surface area contributed by atoms with Crippen LogP contribution in [0.2, 0.25) is 0 Å². The first kappa shape index (κ1) is 18.2. The first-order valence-corrected chi connectivity index (χ1v) is 9.09. The number of fused-ring (bicyclic) bond motifs is 1. The van der Waals surface area contributed by atoms with Gasteiger partial charge in [0.05, 0.1) is 6.54 Å². The standard InChI is InChI=1S/C20H20FN3O4/c21-15-4-2-1-3-14(15)16-7-8-24(16)12-19(25)23-20(26)22-13-5-6-17-18(11-13)28-10-9-27-17/h1-6,11,16H,7-10,12H2,(H2,22,23,25,26)/t16-/m0/s1. The van der Waals surface area contributed by atoms with Crippen LogP contribution < -0.4 is 20.1 Å². The Balaban J connectivity index is 1.30. The van der Waals surface area contributed by atoms with Crippen LogP contribution in [-0.4, -0.2) is 43.1 Å². The van der Waals surface area contributed by atoms with Crippen LogP contribution in [0.4, 0.5) is 14.9 Å². The number of likely N-dealkylation sites (tertiary alicyclic amines) is 1. The van der Waals surface area contributed by atoms with Gasteiger partial charge in [-0.25, -0.2) is 9.18 Å². The fourth-order valence-electron chi connectivity index (χ4n) is 3.36. The molecule has 2 aliphatic rings. The van der Waals surface area contributed by atoms with Crippen molar-refractivity contribution in [1.29, 1.82) is 0 Å². The molecule has 4 rings (SSSR count). The second-order valence-electron chi connectivity index (χ2n) is 6.66. The third-order valence-electron chi connectivity index (χ3n) is 4.79. The number of hydrogen-bond donors (Lipinski definition) is 2. The van der Waals surface area contributed by atoms with Crippen LogP contribution in [0.25, 0.3) is 0 Å². The number of carbonyl (C=O) groups is 2. The Morgan fingerprint density at radius 2 is 1.89 bits per heavy atom. The fraction of sp³-hybridized carbons (Fsp3) is 0.300. The number of anilines is 1. The maximum Gasteiger partial charge on any atom is 0.325 e. The highest BCUT2D eigenvalue weighted by Gasteiger charge is 2.32. The van der Waals surface area contributed by atoms with E-state index in [1.54, 1.807) is 36.4 Å². The van der Waals surface area contributed by atoms with Crippen molar-refractivity contribution in [3.63, 3.8) is 0 Å². The van der Waals surface area contributed by atoms with Gasteiger partial charge in [-0.2, -0.15) is 0 Å². The number of urea groups is 1. The minimum atomic E-state index is -0.635. The molecule has 3 amide bonds. The monoisotopic (exact) mass is 385 g/mol. The summed E-state index contributed by atoms with van der Waals surface area (Å²) in [5, 5.41) is 4.90. The predicted molar refractivity (Wildman–Crippen MR) is 99.9 cm³/mol. The Bertz CT molecular complexity index is 905. The lowest BCUT2D eigenvalue weighted by molar-refractivity contribution is -0.123. The van der Waals surface area contributed by atoms with E-state index in [1.165, 1.54) is 6.07 Å².